The van der Waals surface area contributed by atoms with Gasteiger partial charge in [-0.3, -0.25) is 9.13 Å². The molecular weight excluding hydrogens is 342 g/mol. The number of aryl methyl sites for hydroxylation is 3. The van der Waals surface area contributed by atoms with Gasteiger partial charge in [0.05, 0.1) is 11.4 Å². The summed E-state index contributed by atoms with van der Waals surface area (Å²) in [6.07, 6.45) is 0. The molecule has 3 aromatic rings. The summed E-state index contributed by atoms with van der Waals surface area (Å²) < 4.78 is 2.97. The zero-order valence-electron chi connectivity index (χ0n) is 16.1. The van der Waals surface area contributed by atoms with Crippen LogP contribution in [0.2, 0.25) is 0 Å². The summed E-state index contributed by atoms with van der Waals surface area (Å²) in [7, 11) is 3.34. The van der Waals surface area contributed by atoms with Gasteiger partial charge in [0, 0.05) is 25.7 Å². The van der Waals surface area contributed by atoms with Gasteiger partial charge in [0.15, 0.2) is 11.5 Å². The van der Waals surface area contributed by atoms with Gasteiger partial charge in [-0.1, -0.05) is 17.7 Å². The number of aromatic nitrogens is 2. The number of phenolic OH excluding ortho intramolecular Hbond substituents is 2. The summed E-state index contributed by atoms with van der Waals surface area (Å²) in [6.45, 7) is 6.04. The highest BCUT2D eigenvalue weighted by atomic mass is 16.3. The lowest BCUT2D eigenvalue weighted by atomic mass is 10.1. The van der Waals surface area contributed by atoms with Crippen molar-refractivity contribution in [2.75, 3.05) is 0 Å². The highest BCUT2D eigenvalue weighted by molar-refractivity contribution is 5.63. The molecule has 0 atom stereocenters. The molecular formula is C21H23N3O3. The van der Waals surface area contributed by atoms with Crippen molar-refractivity contribution in [2.45, 2.75) is 20.8 Å². The molecule has 0 spiro atoms. The lowest BCUT2D eigenvalue weighted by molar-refractivity contribution is 0.404. The van der Waals surface area contributed by atoms with Crippen molar-refractivity contribution >= 4 is 5.69 Å². The molecule has 6 heteroatoms. The number of aromatic hydroxyl groups is 2. The Labute approximate surface area is 157 Å². The predicted molar refractivity (Wildman–Crippen MR) is 105 cm³/mol. The standard InChI is InChI=1S/C21H23N3O3/c1-12-8-13(2)20(14(3)9-12)22-19-11-16(23(4)21(27)24(19)5)15-6-7-17(25)18(26)10-15/h6-11,25-26H,1-5H3/b22-19-. The third kappa shape index (κ3) is 3.38. The van der Waals surface area contributed by atoms with Crippen LogP contribution in [0, 0.1) is 20.8 Å². The Morgan fingerprint density at radius 2 is 1.48 bits per heavy atom. The second-order valence-corrected chi connectivity index (χ2v) is 6.85. The van der Waals surface area contributed by atoms with Crippen LogP contribution >= 0.6 is 0 Å². The first-order valence-electron chi connectivity index (χ1n) is 8.61. The summed E-state index contributed by atoms with van der Waals surface area (Å²) >= 11 is 0. The van der Waals surface area contributed by atoms with Gasteiger partial charge in [-0.2, -0.15) is 0 Å². The number of phenols is 2. The molecule has 2 aromatic carbocycles. The summed E-state index contributed by atoms with van der Waals surface area (Å²) in [5, 5.41) is 19.4. The molecule has 3 rings (SSSR count). The van der Waals surface area contributed by atoms with Crippen LogP contribution in [0.4, 0.5) is 5.69 Å². The highest BCUT2D eigenvalue weighted by Crippen LogP contribution is 2.29. The molecule has 2 N–H and O–H groups in total. The molecule has 0 radical (unpaired) electrons. The molecule has 0 saturated carbocycles. The average Bonchev–Trinajstić information content (AvgIpc) is 2.60. The van der Waals surface area contributed by atoms with E-state index in [2.05, 4.69) is 12.1 Å². The lowest BCUT2D eigenvalue weighted by Gasteiger charge is -2.13. The lowest BCUT2D eigenvalue weighted by Crippen LogP contribution is -2.37. The molecule has 6 nitrogen and oxygen atoms in total. The number of rotatable bonds is 2. The van der Waals surface area contributed by atoms with Crippen LogP contribution in [0.25, 0.3) is 11.3 Å². The van der Waals surface area contributed by atoms with E-state index in [0.29, 0.717) is 16.7 Å². The monoisotopic (exact) mass is 365 g/mol. The quantitative estimate of drug-likeness (QED) is 0.685. The van der Waals surface area contributed by atoms with Gasteiger partial charge >= 0.3 is 5.69 Å². The van der Waals surface area contributed by atoms with Crippen LogP contribution in [0.15, 0.2) is 46.2 Å². The van der Waals surface area contributed by atoms with E-state index >= 15 is 0 Å². The van der Waals surface area contributed by atoms with Crippen LogP contribution in [0.1, 0.15) is 16.7 Å². The van der Waals surface area contributed by atoms with Crippen molar-refractivity contribution in [3.05, 3.63) is 69.1 Å². The van der Waals surface area contributed by atoms with Gasteiger partial charge in [0.1, 0.15) is 5.49 Å². The second kappa shape index (κ2) is 6.79. The Morgan fingerprint density at radius 3 is 2.07 bits per heavy atom. The summed E-state index contributed by atoms with van der Waals surface area (Å²) in [4.78, 5) is 17.5. The first-order valence-corrected chi connectivity index (χ1v) is 8.61. The summed E-state index contributed by atoms with van der Waals surface area (Å²) in [6, 6.07) is 10.4. The smallest absolute Gasteiger partial charge is 0.329 e. The van der Waals surface area contributed by atoms with E-state index < -0.39 is 0 Å². The van der Waals surface area contributed by atoms with Gasteiger partial charge in [-0.15, -0.1) is 0 Å². The highest BCUT2D eigenvalue weighted by Gasteiger charge is 2.11. The van der Waals surface area contributed by atoms with Crippen LogP contribution in [0.3, 0.4) is 0 Å². The Kier molecular flexibility index (Phi) is 4.66. The van der Waals surface area contributed by atoms with Crippen molar-refractivity contribution < 1.29 is 10.2 Å². The van der Waals surface area contributed by atoms with Crippen molar-refractivity contribution in [3.8, 4) is 22.8 Å². The molecule has 0 saturated heterocycles. The molecule has 0 aliphatic carbocycles. The minimum absolute atomic E-state index is 0.207. The Morgan fingerprint density at radius 1 is 0.852 bits per heavy atom. The van der Waals surface area contributed by atoms with Crippen LogP contribution in [-0.4, -0.2) is 19.3 Å². The van der Waals surface area contributed by atoms with E-state index in [1.807, 2.05) is 20.8 Å². The molecule has 1 heterocycles. The van der Waals surface area contributed by atoms with Crippen molar-refractivity contribution in [3.63, 3.8) is 0 Å². The fourth-order valence-corrected chi connectivity index (χ4v) is 3.27. The third-order valence-corrected chi connectivity index (χ3v) is 4.68. The predicted octanol–water partition coefficient (Wildman–Crippen LogP) is 2.96. The zero-order chi connectivity index (χ0) is 19.9. The normalized spacial score (nSPS) is 11.8. The van der Waals surface area contributed by atoms with Crippen LogP contribution < -0.4 is 11.2 Å². The van der Waals surface area contributed by atoms with Crippen molar-refractivity contribution in [1.29, 1.82) is 0 Å². The summed E-state index contributed by atoms with van der Waals surface area (Å²) in [5.74, 6) is -0.446. The molecule has 1 aromatic heterocycles. The van der Waals surface area contributed by atoms with E-state index in [-0.39, 0.29) is 17.2 Å². The SMILES string of the molecule is Cc1cc(C)c(/N=c2/cc(-c3ccc(O)c(O)c3)n(C)c(=O)n2C)c(C)c1. The molecule has 0 unspecified atom stereocenters. The first kappa shape index (κ1) is 18.5. The third-order valence-electron chi connectivity index (χ3n) is 4.68. The molecule has 0 amide bonds. The molecule has 27 heavy (non-hydrogen) atoms. The minimum Gasteiger partial charge on any atom is -0.504 e. The maximum absolute atomic E-state index is 12.7. The molecule has 0 fully saturated rings. The number of hydrogen-bond donors (Lipinski definition) is 2. The first-order chi connectivity index (χ1) is 12.7. The number of benzene rings is 2. The minimum atomic E-state index is -0.239. The van der Waals surface area contributed by atoms with Crippen LogP contribution in [-0.2, 0) is 14.1 Å². The van der Waals surface area contributed by atoms with E-state index in [0.717, 1.165) is 22.4 Å². The van der Waals surface area contributed by atoms with E-state index in [4.69, 9.17) is 4.99 Å². The largest absolute Gasteiger partial charge is 0.504 e. The molecule has 0 aliphatic rings. The fraction of sp³-hybridized carbons (Fsp3) is 0.238. The Balaban J connectivity index is 2.31. The topological polar surface area (TPSA) is 79.8 Å². The Hall–Kier alpha value is -3.28. The Bertz CT molecular complexity index is 1150. The maximum atomic E-state index is 12.7. The fourth-order valence-electron chi connectivity index (χ4n) is 3.27. The van der Waals surface area contributed by atoms with Gasteiger partial charge < -0.3 is 10.2 Å². The van der Waals surface area contributed by atoms with Crippen molar-refractivity contribution in [2.24, 2.45) is 19.1 Å². The summed E-state index contributed by atoms with van der Waals surface area (Å²) in [5.41, 5.74) is 5.56. The average molecular weight is 365 g/mol. The molecule has 0 aliphatic heterocycles. The zero-order valence-corrected chi connectivity index (χ0v) is 16.1. The molecule has 140 valence electrons. The van der Waals surface area contributed by atoms with E-state index in [1.54, 1.807) is 26.2 Å². The number of nitrogens with zero attached hydrogens (tertiary/aromatic N) is 3. The maximum Gasteiger partial charge on any atom is 0.329 e. The van der Waals surface area contributed by atoms with Crippen molar-refractivity contribution in [1.82, 2.24) is 9.13 Å². The van der Waals surface area contributed by atoms with Crippen LogP contribution in [0.5, 0.6) is 11.5 Å². The van der Waals surface area contributed by atoms with Gasteiger partial charge in [-0.25, -0.2) is 9.79 Å². The van der Waals surface area contributed by atoms with E-state index in [9.17, 15) is 15.0 Å². The van der Waals surface area contributed by atoms with Gasteiger partial charge in [-0.05, 0) is 50.1 Å². The van der Waals surface area contributed by atoms with Gasteiger partial charge in [0.25, 0.3) is 0 Å². The van der Waals surface area contributed by atoms with E-state index in [1.165, 1.54) is 21.3 Å². The second-order valence-electron chi connectivity index (χ2n) is 6.85. The van der Waals surface area contributed by atoms with Gasteiger partial charge in [0.2, 0.25) is 0 Å². The number of hydrogen-bond acceptors (Lipinski definition) is 4. The molecule has 0 bridgehead atoms.